The number of amides is 1. The lowest BCUT2D eigenvalue weighted by Gasteiger charge is -2.23. The molecule has 1 fully saturated rings. The number of benzene rings is 1. The number of carbonyl (C=O) groups excluding carboxylic acids is 1. The fourth-order valence-electron chi connectivity index (χ4n) is 3.17. The first-order chi connectivity index (χ1) is 11.1. The highest BCUT2D eigenvalue weighted by atomic mass is 16.5. The van der Waals surface area contributed by atoms with Crippen LogP contribution in [0.1, 0.15) is 30.1 Å². The van der Waals surface area contributed by atoms with Crippen LogP contribution in [0.5, 0.6) is 0 Å². The van der Waals surface area contributed by atoms with Crippen LogP contribution in [-0.2, 0) is 4.74 Å². The van der Waals surface area contributed by atoms with Gasteiger partial charge in [0.2, 0.25) is 0 Å². The second-order valence-electron chi connectivity index (χ2n) is 6.14. The molecule has 1 saturated heterocycles. The lowest BCUT2D eigenvalue weighted by Crippen LogP contribution is -2.38. The van der Waals surface area contributed by atoms with Crippen LogP contribution >= 0.6 is 0 Å². The van der Waals surface area contributed by atoms with Gasteiger partial charge in [-0.25, -0.2) is 0 Å². The molecule has 1 amide bonds. The predicted molar refractivity (Wildman–Crippen MR) is 88.8 cm³/mol. The molecule has 0 aromatic heterocycles. The lowest BCUT2D eigenvalue weighted by molar-refractivity contribution is 0.0648. The monoisotopic (exact) mass is 317 g/mol. The summed E-state index contributed by atoms with van der Waals surface area (Å²) < 4.78 is 5.33. The zero-order valence-electron chi connectivity index (χ0n) is 13.6. The molecule has 0 radical (unpaired) electrons. The zero-order valence-corrected chi connectivity index (χ0v) is 13.6. The molecule has 6 nitrogen and oxygen atoms in total. The van der Waals surface area contributed by atoms with Crippen LogP contribution in [0.2, 0.25) is 0 Å². The van der Waals surface area contributed by atoms with Gasteiger partial charge in [0.15, 0.2) is 0 Å². The van der Waals surface area contributed by atoms with Crippen molar-refractivity contribution in [3.05, 3.63) is 29.8 Å². The van der Waals surface area contributed by atoms with Crippen molar-refractivity contribution in [3.63, 3.8) is 0 Å². The largest absolute Gasteiger partial charge is 0.394 e. The Hall–Kier alpha value is -1.92. The minimum atomic E-state index is -0.169. The van der Waals surface area contributed by atoms with Crippen molar-refractivity contribution in [1.82, 2.24) is 4.90 Å². The number of aliphatic hydroxyl groups is 1. The summed E-state index contributed by atoms with van der Waals surface area (Å²) in [6, 6.07) is 7.34. The maximum atomic E-state index is 12.7. The van der Waals surface area contributed by atoms with Gasteiger partial charge in [0.25, 0.3) is 5.91 Å². The second-order valence-corrected chi connectivity index (χ2v) is 6.14. The van der Waals surface area contributed by atoms with E-state index in [2.05, 4.69) is 5.10 Å². The maximum Gasteiger partial charge on any atom is 0.254 e. The minimum absolute atomic E-state index is 0.00251. The number of hydrazone groups is 1. The number of aliphatic hydroxyl groups excluding tert-OH is 1. The van der Waals surface area contributed by atoms with Gasteiger partial charge >= 0.3 is 0 Å². The molecule has 3 rings (SSSR count). The van der Waals surface area contributed by atoms with Crippen molar-refractivity contribution < 1.29 is 14.6 Å². The van der Waals surface area contributed by atoms with Crippen LogP contribution < -0.4 is 5.01 Å². The molecule has 0 spiro atoms. The Kier molecular flexibility index (Phi) is 4.63. The highest BCUT2D eigenvalue weighted by Gasteiger charge is 2.35. The van der Waals surface area contributed by atoms with E-state index in [1.165, 1.54) is 0 Å². The van der Waals surface area contributed by atoms with Gasteiger partial charge < -0.3 is 14.7 Å². The van der Waals surface area contributed by atoms with Crippen LogP contribution in [0.25, 0.3) is 0 Å². The first kappa shape index (κ1) is 16.0. The van der Waals surface area contributed by atoms with Crippen LogP contribution in [0.4, 0.5) is 5.69 Å². The van der Waals surface area contributed by atoms with Gasteiger partial charge in [-0.2, -0.15) is 5.10 Å². The quantitative estimate of drug-likeness (QED) is 0.914. The zero-order chi connectivity index (χ0) is 16.4. The van der Waals surface area contributed by atoms with E-state index in [0.29, 0.717) is 18.5 Å². The number of anilines is 1. The number of hydrogen-bond donors (Lipinski definition) is 1. The van der Waals surface area contributed by atoms with E-state index in [0.717, 1.165) is 24.4 Å². The second kappa shape index (κ2) is 6.68. The number of rotatable bonds is 4. The van der Waals surface area contributed by atoms with Crippen LogP contribution in [0.3, 0.4) is 0 Å². The summed E-state index contributed by atoms with van der Waals surface area (Å²) >= 11 is 0. The molecule has 2 atom stereocenters. The standard InChI is InChI=1S/C17H23N3O3/c1-12-7-8-20(18-12)14-5-3-13(4-6-14)17(22)19-10-16(23-2)9-15(19)11-21/h3-6,15-16,21H,7-11H2,1-2H3/t15-,16+/m0/s1. The van der Waals surface area contributed by atoms with Gasteiger partial charge in [-0.3, -0.25) is 9.80 Å². The number of methoxy groups -OCH3 is 1. The van der Waals surface area contributed by atoms with Crippen molar-refractivity contribution in [2.75, 3.05) is 31.8 Å². The molecule has 2 aliphatic rings. The number of ether oxygens (including phenoxy) is 1. The number of carbonyl (C=O) groups is 1. The molecule has 124 valence electrons. The summed E-state index contributed by atoms with van der Waals surface area (Å²) in [4.78, 5) is 14.4. The molecule has 6 heteroatoms. The van der Waals surface area contributed by atoms with E-state index in [1.54, 1.807) is 12.0 Å². The molecule has 23 heavy (non-hydrogen) atoms. The summed E-state index contributed by atoms with van der Waals surface area (Å²) in [7, 11) is 1.64. The first-order valence-electron chi connectivity index (χ1n) is 7.98. The Bertz CT molecular complexity index is 600. The molecular formula is C17H23N3O3. The Morgan fingerprint density at radius 1 is 1.39 bits per heavy atom. The summed E-state index contributed by atoms with van der Waals surface area (Å²) in [5.74, 6) is -0.0590. The molecule has 1 N–H and O–H groups in total. The fraction of sp³-hybridized carbons (Fsp3) is 0.529. The maximum absolute atomic E-state index is 12.7. The lowest BCUT2D eigenvalue weighted by atomic mass is 10.1. The molecule has 0 bridgehead atoms. The topological polar surface area (TPSA) is 65.4 Å². The number of likely N-dealkylation sites (tertiary alicyclic amines) is 1. The van der Waals surface area contributed by atoms with Crippen molar-refractivity contribution in [3.8, 4) is 0 Å². The van der Waals surface area contributed by atoms with E-state index < -0.39 is 0 Å². The number of hydrogen-bond acceptors (Lipinski definition) is 5. The fourth-order valence-corrected chi connectivity index (χ4v) is 3.17. The van der Waals surface area contributed by atoms with Crippen LogP contribution in [0, 0.1) is 0 Å². The summed E-state index contributed by atoms with van der Waals surface area (Å²) in [6.45, 7) is 3.39. The van der Waals surface area contributed by atoms with Gasteiger partial charge in [-0.05, 0) is 37.6 Å². The van der Waals surface area contributed by atoms with E-state index in [4.69, 9.17) is 4.74 Å². The molecule has 0 unspecified atom stereocenters. The molecule has 1 aromatic carbocycles. The Balaban J connectivity index is 1.73. The van der Waals surface area contributed by atoms with Gasteiger partial charge in [0.05, 0.1) is 24.4 Å². The third-order valence-electron chi connectivity index (χ3n) is 4.57. The van der Waals surface area contributed by atoms with E-state index in [1.807, 2.05) is 36.2 Å². The molecule has 2 aliphatic heterocycles. The van der Waals surface area contributed by atoms with E-state index in [9.17, 15) is 9.90 Å². The molecule has 0 aliphatic carbocycles. The summed E-state index contributed by atoms with van der Waals surface area (Å²) in [6.07, 6.45) is 1.65. The van der Waals surface area contributed by atoms with E-state index in [-0.39, 0.29) is 24.7 Å². The molecule has 0 saturated carbocycles. The highest BCUT2D eigenvalue weighted by molar-refractivity contribution is 5.95. The average molecular weight is 317 g/mol. The molecule has 1 aromatic rings. The van der Waals surface area contributed by atoms with Crippen LogP contribution in [0.15, 0.2) is 29.4 Å². The predicted octanol–water partition coefficient (Wildman–Crippen LogP) is 1.49. The van der Waals surface area contributed by atoms with E-state index >= 15 is 0 Å². The van der Waals surface area contributed by atoms with Crippen molar-refractivity contribution in [1.29, 1.82) is 0 Å². The van der Waals surface area contributed by atoms with Gasteiger partial charge in [0.1, 0.15) is 0 Å². The minimum Gasteiger partial charge on any atom is -0.394 e. The van der Waals surface area contributed by atoms with Crippen molar-refractivity contribution in [2.45, 2.75) is 31.9 Å². The normalized spacial score (nSPS) is 24.2. The van der Waals surface area contributed by atoms with Gasteiger partial charge in [-0.1, -0.05) is 0 Å². The Labute approximate surface area is 136 Å². The molecule has 2 heterocycles. The molecular weight excluding hydrogens is 294 g/mol. The smallest absolute Gasteiger partial charge is 0.254 e. The first-order valence-corrected chi connectivity index (χ1v) is 7.98. The third-order valence-corrected chi connectivity index (χ3v) is 4.57. The van der Waals surface area contributed by atoms with Gasteiger partial charge in [-0.15, -0.1) is 0 Å². The number of nitrogens with zero attached hydrogens (tertiary/aromatic N) is 3. The van der Waals surface area contributed by atoms with Crippen molar-refractivity contribution in [2.24, 2.45) is 5.10 Å². The van der Waals surface area contributed by atoms with Crippen LogP contribution in [-0.4, -0.2) is 60.6 Å². The average Bonchev–Trinajstić information content (AvgIpc) is 3.20. The SMILES string of the molecule is CO[C@@H]1C[C@@H](CO)N(C(=O)c2ccc(N3CCC(C)=N3)cc2)C1. The Morgan fingerprint density at radius 2 is 2.13 bits per heavy atom. The Morgan fingerprint density at radius 3 is 2.70 bits per heavy atom. The summed E-state index contributed by atoms with van der Waals surface area (Å²) in [5.41, 5.74) is 2.75. The third kappa shape index (κ3) is 3.23. The highest BCUT2D eigenvalue weighted by Crippen LogP contribution is 2.24. The van der Waals surface area contributed by atoms with Gasteiger partial charge in [0, 0.05) is 37.9 Å². The summed E-state index contributed by atoms with van der Waals surface area (Å²) in [5, 5.41) is 15.9. The van der Waals surface area contributed by atoms with Crippen molar-refractivity contribution >= 4 is 17.3 Å².